The van der Waals surface area contributed by atoms with Gasteiger partial charge in [-0.25, -0.2) is 0 Å². The Morgan fingerprint density at radius 3 is 1.65 bits per heavy atom. The molecule has 0 atom stereocenters. The summed E-state index contributed by atoms with van der Waals surface area (Å²) in [5, 5.41) is 0. The zero-order chi connectivity index (χ0) is 26.4. The van der Waals surface area contributed by atoms with Crippen LogP contribution < -0.4 is 24.8 Å². The number of methoxy groups -OCH3 is 2. The third-order valence-corrected chi connectivity index (χ3v) is 5.33. The highest BCUT2D eigenvalue weighted by atomic mass is 19.4. The maximum absolute atomic E-state index is 12.5. The zero-order valence-corrected chi connectivity index (χ0v) is 20.1. The number of aromatic nitrogens is 3. The molecule has 0 aliphatic rings. The maximum Gasteiger partial charge on any atom is 0.573 e. The number of benzene rings is 3. The molecule has 0 aliphatic heterocycles. The molecule has 0 fully saturated rings. The molecule has 4 rings (SSSR count). The minimum atomic E-state index is -4.78. The van der Waals surface area contributed by atoms with Crippen molar-refractivity contribution >= 4 is 11.9 Å². The van der Waals surface area contributed by atoms with Crippen LogP contribution in [0.3, 0.4) is 0 Å². The molecule has 0 spiro atoms. The largest absolute Gasteiger partial charge is 0.573 e. The number of alkyl halides is 3. The van der Waals surface area contributed by atoms with E-state index in [0.717, 1.165) is 22.6 Å². The molecule has 192 valence electrons. The van der Waals surface area contributed by atoms with E-state index < -0.39 is 6.36 Å². The molecular weight excluding hydrogens is 487 g/mol. The summed E-state index contributed by atoms with van der Waals surface area (Å²) in [5.74, 6) is 1.62. The van der Waals surface area contributed by atoms with Crippen LogP contribution in [-0.2, 0) is 13.1 Å². The highest BCUT2D eigenvalue weighted by Gasteiger charge is 2.31. The average molecular weight is 512 g/mol. The molecule has 0 radical (unpaired) electrons. The molecule has 1 aromatic heterocycles. The van der Waals surface area contributed by atoms with Crippen molar-refractivity contribution in [2.45, 2.75) is 19.5 Å². The first kappa shape index (κ1) is 25.5. The molecule has 0 unspecified atom stereocenters. The van der Waals surface area contributed by atoms with E-state index in [1.54, 1.807) is 14.2 Å². The fourth-order valence-corrected chi connectivity index (χ4v) is 3.56. The summed E-state index contributed by atoms with van der Waals surface area (Å²) in [6.45, 7) is 0.883. The Hall–Kier alpha value is -4.54. The summed E-state index contributed by atoms with van der Waals surface area (Å²) in [5.41, 5.74) is 8.42. The molecule has 0 amide bonds. The van der Waals surface area contributed by atoms with Crippen molar-refractivity contribution in [3.63, 3.8) is 0 Å². The summed E-state index contributed by atoms with van der Waals surface area (Å²) in [7, 11) is 3.20. The van der Waals surface area contributed by atoms with Crippen LogP contribution in [-0.4, -0.2) is 35.5 Å². The van der Waals surface area contributed by atoms with Crippen LogP contribution in [0, 0.1) is 0 Å². The highest BCUT2D eigenvalue weighted by molar-refractivity contribution is 5.59. The number of hydrogen-bond donors (Lipinski definition) is 1. The number of anilines is 2. The Balaban J connectivity index is 1.66. The number of nitrogen functional groups attached to an aromatic ring is 1. The molecule has 0 saturated carbocycles. The van der Waals surface area contributed by atoms with Crippen LogP contribution in [0.4, 0.5) is 25.1 Å². The lowest BCUT2D eigenvalue weighted by Crippen LogP contribution is -2.25. The minimum Gasteiger partial charge on any atom is -0.497 e. The normalized spacial score (nSPS) is 11.2. The van der Waals surface area contributed by atoms with E-state index >= 15 is 0 Å². The predicted octanol–water partition coefficient (Wildman–Crippen LogP) is 5.24. The van der Waals surface area contributed by atoms with Crippen molar-refractivity contribution in [1.29, 1.82) is 0 Å². The van der Waals surface area contributed by atoms with Crippen LogP contribution >= 0.6 is 0 Å². The number of halogens is 3. The topological polar surface area (TPSA) is 95.6 Å². The number of hydrogen-bond acceptors (Lipinski definition) is 8. The van der Waals surface area contributed by atoms with Crippen molar-refractivity contribution in [3.8, 4) is 28.6 Å². The van der Waals surface area contributed by atoms with E-state index in [0.29, 0.717) is 24.6 Å². The Morgan fingerprint density at radius 2 is 1.19 bits per heavy atom. The van der Waals surface area contributed by atoms with Crippen LogP contribution in [0.2, 0.25) is 0 Å². The van der Waals surface area contributed by atoms with Crippen molar-refractivity contribution < 1.29 is 27.4 Å². The lowest BCUT2D eigenvalue weighted by atomic mass is 10.1. The monoisotopic (exact) mass is 511 g/mol. The van der Waals surface area contributed by atoms with E-state index in [4.69, 9.17) is 15.2 Å². The molecule has 37 heavy (non-hydrogen) atoms. The summed E-state index contributed by atoms with van der Waals surface area (Å²) < 4.78 is 52.0. The Morgan fingerprint density at radius 1 is 0.703 bits per heavy atom. The third-order valence-electron chi connectivity index (χ3n) is 5.33. The van der Waals surface area contributed by atoms with Crippen LogP contribution in [0.5, 0.6) is 17.2 Å². The first-order chi connectivity index (χ1) is 17.7. The second-order valence-electron chi connectivity index (χ2n) is 7.94. The Bertz CT molecular complexity index is 1270. The van der Waals surface area contributed by atoms with Gasteiger partial charge in [-0.1, -0.05) is 24.3 Å². The molecule has 0 bridgehead atoms. The molecule has 0 aliphatic carbocycles. The van der Waals surface area contributed by atoms with Crippen LogP contribution in [0.25, 0.3) is 11.4 Å². The van der Waals surface area contributed by atoms with Crippen LogP contribution in [0.1, 0.15) is 11.1 Å². The summed E-state index contributed by atoms with van der Waals surface area (Å²) in [6, 6.07) is 20.4. The third kappa shape index (κ3) is 7.00. The fraction of sp³-hybridized carbons (Fsp3) is 0.192. The van der Waals surface area contributed by atoms with Gasteiger partial charge >= 0.3 is 6.36 Å². The number of nitrogens with two attached hydrogens (primary N) is 1. The number of ether oxygens (including phenoxy) is 3. The molecule has 2 N–H and O–H groups in total. The zero-order valence-electron chi connectivity index (χ0n) is 20.1. The van der Waals surface area contributed by atoms with Gasteiger partial charge in [-0.2, -0.15) is 15.0 Å². The van der Waals surface area contributed by atoms with Crippen molar-refractivity contribution in [3.05, 3.63) is 83.9 Å². The quantitative estimate of drug-likeness (QED) is 0.326. The van der Waals surface area contributed by atoms with Crippen LogP contribution in [0.15, 0.2) is 72.8 Å². The molecule has 4 aromatic rings. The highest BCUT2D eigenvalue weighted by Crippen LogP contribution is 2.27. The van der Waals surface area contributed by atoms with Gasteiger partial charge in [0, 0.05) is 18.7 Å². The SMILES string of the molecule is COc1ccc(CN(Cc2ccc(OC)cc2)c2nc(N)nc(-c3ccc(OC(F)(F)F)cc3)n2)cc1. The van der Waals surface area contributed by atoms with Gasteiger partial charge in [0.1, 0.15) is 17.2 Å². The molecule has 3 aromatic carbocycles. The molecular formula is C26H24F3N5O3. The molecule has 1 heterocycles. The molecule has 0 saturated heterocycles. The van der Waals surface area contributed by atoms with Gasteiger partial charge in [-0.3, -0.25) is 0 Å². The minimum absolute atomic E-state index is 0.0231. The van der Waals surface area contributed by atoms with Gasteiger partial charge in [0.25, 0.3) is 0 Å². The first-order valence-corrected chi connectivity index (χ1v) is 11.1. The lowest BCUT2D eigenvalue weighted by molar-refractivity contribution is -0.274. The number of rotatable bonds is 9. The van der Waals surface area contributed by atoms with Crippen molar-refractivity contribution in [2.24, 2.45) is 0 Å². The average Bonchev–Trinajstić information content (AvgIpc) is 2.88. The number of nitrogens with zero attached hydrogens (tertiary/aromatic N) is 4. The van der Waals surface area contributed by atoms with Gasteiger partial charge in [0.05, 0.1) is 14.2 Å². The van der Waals surface area contributed by atoms with E-state index in [1.165, 1.54) is 24.3 Å². The van der Waals surface area contributed by atoms with Gasteiger partial charge < -0.3 is 24.8 Å². The lowest BCUT2D eigenvalue weighted by Gasteiger charge is -2.24. The summed E-state index contributed by atoms with van der Waals surface area (Å²) >= 11 is 0. The Kier molecular flexibility index (Phi) is 7.61. The maximum atomic E-state index is 12.5. The van der Waals surface area contributed by atoms with Gasteiger partial charge in [-0.05, 0) is 59.7 Å². The summed E-state index contributed by atoms with van der Waals surface area (Å²) in [4.78, 5) is 15.0. The van der Waals surface area contributed by atoms with Gasteiger partial charge in [0.15, 0.2) is 5.82 Å². The van der Waals surface area contributed by atoms with Gasteiger partial charge in [-0.15, -0.1) is 13.2 Å². The molecule has 11 heteroatoms. The Labute approximate surface area is 211 Å². The van der Waals surface area contributed by atoms with E-state index in [9.17, 15) is 13.2 Å². The van der Waals surface area contributed by atoms with E-state index in [2.05, 4.69) is 19.7 Å². The van der Waals surface area contributed by atoms with Crippen molar-refractivity contribution in [1.82, 2.24) is 15.0 Å². The fourth-order valence-electron chi connectivity index (χ4n) is 3.56. The van der Waals surface area contributed by atoms with Crippen molar-refractivity contribution in [2.75, 3.05) is 24.9 Å². The second kappa shape index (κ2) is 11.0. The van der Waals surface area contributed by atoms with E-state index in [-0.39, 0.29) is 17.5 Å². The predicted molar refractivity (Wildman–Crippen MR) is 132 cm³/mol. The smallest absolute Gasteiger partial charge is 0.497 e. The van der Waals surface area contributed by atoms with E-state index in [1.807, 2.05) is 53.4 Å². The second-order valence-corrected chi connectivity index (χ2v) is 7.94. The van der Waals surface area contributed by atoms with Gasteiger partial charge in [0.2, 0.25) is 11.9 Å². The standard InChI is InChI=1S/C26H24F3N5O3/c1-35-20-9-3-17(4-10-20)15-34(16-18-5-11-21(36-2)12-6-18)25-32-23(31-24(30)33-25)19-7-13-22(14-8-19)37-26(27,28)29/h3-14H,15-16H2,1-2H3,(H2,30,31,32,33). The first-order valence-electron chi connectivity index (χ1n) is 11.1. The summed E-state index contributed by atoms with van der Waals surface area (Å²) in [6.07, 6.45) is -4.78. The molecule has 8 nitrogen and oxygen atoms in total.